The topological polar surface area (TPSA) is 78.5 Å². The lowest BCUT2D eigenvalue weighted by Crippen LogP contribution is -2.50. The Morgan fingerprint density at radius 2 is 1.81 bits per heavy atom. The molecule has 3 N–H and O–H groups in total. The van der Waals surface area contributed by atoms with Crippen LogP contribution in [0.25, 0.3) is 11.3 Å². The van der Waals surface area contributed by atoms with Crippen LogP contribution in [0.3, 0.4) is 0 Å². The summed E-state index contributed by atoms with van der Waals surface area (Å²) in [7, 11) is 0. The molecule has 1 aromatic heterocycles. The van der Waals surface area contributed by atoms with Crippen molar-refractivity contribution in [2.75, 3.05) is 44.2 Å². The van der Waals surface area contributed by atoms with E-state index in [-0.39, 0.29) is 12.0 Å². The van der Waals surface area contributed by atoms with Gasteiger partial charge in [-0.15, -0.1) is 0 Å². The van der Waals surface area contributed by atoms with Crippen LogP contribution in [0.2, 0.25) is 10.0 Å². The van der Waals surface area contributed by atoms with Crippen LogP contribution in [0.5, 0.6) is 0 Å². The lowest BCUT2D eigenvalue weighted by atomic mass is 9.78. The summed E-state index contributed by atoms with van der Waals surface area (Å²) in [5.74, 6) is 0.758. The Morgan fingerprint density at radius 3 is 2.45 bits per heavy atom. The number of rotatable bonds is 6. The standard InChI is InChI=1S/C23H31Cl2N5O/c1-16-21(17-5-4-6-18(24)20(17)25)28-19(13-31)22(27-16)30-11-7-23(14-26,8-12-30)15-29-9-2-3-10-29/h4-6,31H,2-3,7-15,26H2,1H3. The quantitative estimate of drug-likeness (QED) is 0.676. The summed E-state index contributed by atoms with van der Waals surface area (Å²) in [6, 6.07) is 5.46. The van der Waals surface area contributed by atoms with Gasteiger partial charge in [-0.2, -0.15) is 0 Å². The van der Waals surface area contributed by atoms with Gasteiger partial charge >= 0.3 is 0 Å². The molecule has 0 bridgehead atoms. The first-order chi connectivity index (χ1) is 15.0. The number of benzene rings is 1. The fourth-order valence-corrected chi connectivity index (χ4v) is 5.27. The highest BCUT2D eigenvalue weighted by Crippen LogP contribution is 2.37. The average Bonchev–Trinajstić information content (AvgIpc) is 3.29. The zero-order valence-corrected chi connectivity index (χ0v) is 19.6. The third-order valence-electron chi connectivity index (χ3n) is 6.79. The molecule has 2 aliphatic heterocycles. The van der Waals surface area contributed by atoms with Gasteiger partial charge in [-0.1, -0.05) is 35.3 Å². The van der Waals surface area contributed by atoms with E-state index in [0.29, 0.717) is 28.0 Å². The summed E-state index contributed by atoms with van der Waals surface area (Å²) in [4.78, 5) is 14.4. The van der Waals surface area contributed by atoms with Crippen molar-refractivity contribution >= 4 is 29.0 Å². The molecule has 2 fully saturated rings. The smallest absolute Gasteiger partial charge is 0.153 e. The van der Waals surface area contributed by atoms with Crippen molar-refractivity contribution in [1.29, 1.82) is 0 Å². The van der Waals surface area contributed by atoms with Gasteiger partial charge in [0, 0.05) is 25.2 Å². The van der Waals surface area contributed by atoms with E-state index in [1.807, 2.05) is 19.1 Å². The summed E-state index contributed by atoms with van der Waals surface area (Å²) >= 11 is 12.6. The number of hydrogen-bond acceptors (Lipinski definition) is 6. The molecular formula is C23H31Cl2N5O. The number of nitrogens with two attached hydrogens (primary N) is 1. The Balaban J connectivity index is 1.56. The van der Waals surface area contributed by atoms with Crippen LogP contribution in [0.4, 0.5) is 5.82 Å². The van der Waals surface area contributed by atoms with Crippen molar-refractivity contribution in [3.8, 4) is 11.3 Å². The van der Waals surface area contributed by atoms with Gasteiger partial charge in [0.15, 0.2) is 5.82 Å². The molecule has 2 saturated heterocycles. The zero-order valence-electron chi connectivity index (χ0n) is 18.1. The molecule has 0 spiro atoms. The van der Waals surface area contributed by atoms with Crippen molar-refractivity contribution in [2.24, 2.45) is 11.1 Å². The number of aliphatic hydroxyl groups excluding tert-OH is 1. The summed E-state index contributed by atoms with van der Waals surface area (Å²) < 4.78 is 0. The monoisotopic (exact) mass is 463 g/mol. The third-order valence-corrected chi connectivity index (χ3v) is 7.61. The van der Waals surface area contributed by atoms with Crippen molar-refractivity contribution in [2.45, 2.75) is 39.2 Å². The maximum absolute atomic E-state index is 10.1. The number of hydrogen-bond donors (Lipinski definition) is 2. The molecule has 0 amide bonds. The highest BCUT2D eigenvalue weighted by Gasteiger charge is 2.36. The van der Waals surface area contributed by atoms with E-state index in [1.54, 1.807) is 6.07 Å². The second-order valence-electron chi connectivity index (χ2n) is 8.86. The van der Waals surface area contributed by atoms with Crippen LogP contribution in [0, 0.1) is 12.3 Å². The minimum atomic E-state index is -0.180. The van der Waals surface area contributed by atoms with Gasteiger partial charge in [-0.05, 0) is 63.7 Å². The summed E-state index contributed by atoms with van der Waals surface area (Å²) in [6.07, 6.45) is 4.63. The van der Waals surface area contributed by atoms with Gasteiger partial charge in [0.25, 0.3) is 0 Å². The minimum Gasteiger partial charge on any atom is -0.390 e. The first kappa shape index (κ1) is 22.7. The lowest BCUT2D eigenvalue weighted by Gasteiger charge is -2.44. The summed E-state index contributed by atoms with van der Waals surface area (Å²) in [5.41, 5.74) is 9.14. The van der Waals surface area contributed by atoms with E-state index in [9.17, 15) is 5.11 Å². The molecule has 3 heterocycles. The number of anilines is 1. The number of nitrogens with zero attached hydrogens (tertiary/aromatic N) is 4. The molecule has 0 radical (unpaired) electrons. The van der Waals surface area contributed by atoms with Crippen LogP contribution in [-0.4, -0.2) is 59.2 Å². The molecule has 6 nitrogen and oxygen atoms in total. The molecule has 0 saturated carbocycles. The number of aryl methyl sites for hydroxylation is 1. The van der Waals surface area contributed by atoms with Gasteiger partial charge in [0.2, 0.25) is 0 Å². The molecule has 4 rings (SSSR count). The Morgan fingerprint density at radius 1 is 1.10 bits per heavy atom. The Bertz CT molecular complexity index is 924. The van der Waals surface area contributed by atoms with Crippen LogP contribution in [-0.2, 0) is 6.61 Å². The van der Waals surface area contributed by atoms with Gasteiger partial charge < -0.3 is 20.6 Å². The molecule has 2 aliphatic rings. The maximum Gasteiger partial charge on any atom is 0.153 e. The third kappa shape index (κ3) is 4.69. The van der Waals surface area contributed by atoms with Gasteiger partial charge in [0.1, 0.15) is 5.69 Å². The molecule has 0 unspecified atom stereocenters. The molecule has 2 aromatic rings. The maximum atomic E-state index is 10.1. The van der Waals surface area contributed by atoms with E-state index in [4.69, 9.17) is 38.9 Å². The summed E-state index contributed by atoms with van der Waals surface area (Å²) in [5, 5.41) is 11.0. The van der Waals surface area contributed by atoms with Crippen molar-refractivity contribution in [3.63, 3.8) is 0 Å². The second kappa shape index (κ2) is 9.59. The Labute approximate surface area is 194 Å². The number of piperidine rings is 1. The van der Waals surface area contributed by atoms with Crippen molar-refractivity contribution < 1.29 is 5.11 Å². The number of halogens is 2. The second-order valence-corrected chi connectivity index (χ2v) is 9.65. The minimum absolute atomic E-state index is 0.164. The molecular weight excluding hydrogens is 433 g/mol. The van der Waals surface area contributed by atoms with E-state index < -0.39 is 0 Å². The lowest BCUT2D eigenvalue weighted by molar-refractivity contribution is 0.143. The zero-order chi connectivity index (χ0) is 22.0. The Hall–Kier alpha value is -1.44. The van der Waals surface area contributed by atoms with E-state index in [1.165, 1.54) is 25.9 Å². The summed E-state index contributed by atoms with van der Waals surface area (Å²) in [6.45, 7) is 7.65. The molecule has 1 aromatic carbocycles. The molecule has 8 heteroatoms. The number of likely N-dealkylation sites (tertiary alicyclic amines) is 1. The van der Waals surface area contributed by atoms with Crippen molar-refractivity contribution in [1.82, 2.24) is 14.9 Å². The molecule has 0 atom stereocenters. The fraction of sp³-hybridized carbons (Fsp3) is 0.565. The SMILES string of the molecule is Cc1nc(N2CCC(CN)(CN3CCCC3)CC2)c(CO)nc1-c1cccc(Cl)c1Cl. The van der Waals surface area contributed by atoms with Crippen LogP contribution >= 0.6 is 23.2 Å². The average molecular weight is 464 g/mol. The van der Waals surface area contributed by atoms with E-state index >= 15 is 0 Å². The van der Waals surface area contributed by atoms with Gasteiger partial charge in [0.05, 0.1) is 28.0 Å². The van der Waals surface area contributed by atoms with E-state index in [2.05, 4.69) is 9.80 Å². The molecule has 31 heavy (non-hydrogen) atoms. The van der Waals surface area contributed by atoms with Crippen LogP contribution in [0.1, 0.15) is 37.1 Å². The van der Waals surface area contributed by atoms with Crippen LogP contribution < -0.4 is 10.6 Å². The number of aliphatic hydroxyl groups is 1. The Kier molecular flexibility index (Phi) is 7.04. The van der Waals surface area contributed by atoms with E-state index in [0.717, 1.165) is 49.6 Å². The molecule has 168 valence electrons. The number of aromatic nitrogens is 2. The first-order valence-corrected chi connectivity index (χ1v) is 11.8. The van der Waals surface area contributed by atoms with Crippen molar-refractivity contribution in [3.05, 3.63) is 39.6 Å². The predicted molar refractivity (Wildman–Crippen MR) is 127 cm³/mol. The predicted octanol–water partition coefficient (Wildman–Crippen LogP) is 3.89. The highest BCUT2D eigenvalue weighted by atomic mass is 35.5. The fourth-order valence-electron chi connectivity index (χ4n) is 4.88. The highest BCUT2D eigenvalue weighted by molar-refractivity contribution is 6.43. The van der Waals surface area contributed by atoms with Gasteiger partial charge in [-0.3, -0.25) is 0 Å². The first-order valence-electron chi connectivity index (χ1n) is 11.1. The normalized spacial score (nSPS) is 19.2. The largest absolute Gasteiger partial charge is 0.390 e. The van der Waals surface area contributed by atoms with Gasteiger partial charge in [-0.25, -0.2) is 9.97 Å². The molecule has 0 aliphatic carbocycles. The van der Waals surface area contributed by atoms with Crippen LogP contribution in [0.15, 0.2) is 18.2 Å².